The molecule has 0 saturated carbocycles. The molecule has 0 spiro atoms. The maximum atomic E-state index is 12.5. The second-order valence-electron chi connectivity index (χ2n) is 8.17. The standard InChI is InChI=1S/C21H27N3O4/c1-21(2,3)28-20(27)24-10-8-14(9-11-24)18(25)22-13-16-12-15-6-4-5-7-17(15)23-19(16)26/h4-7,12,14H,8-11,13H2,1-3H3,(H,22,25)(H,23,26). The molecule has 0 aliphatic carbocycles. The molecule has 1 aromatic carbocycles. The van der Waals surface area contributed by atoms with Gasteiger partial charge in [0.05, 0.1) is 0 Å². The SMILES string of the molecule is CC(C)(C)OC(=O)N1CCC(C(=O)NCc2cc3ccccc3[nH]c2=O)CC1. The topological polar surface area (TPSA) is 91.5 Å². The van der Waals surface area contributed by atoms with Gasteiger partial charge < -0.3 is 19.9 Å². The Labute approximate surface area is 164 Å². The second-order valence-corrected chi connectivity index (χ2v) is 8.17. The van der Waals surface area contributed by atoms with Gasteiger partial charge in [-0.3, -0.25) is 9.59 Å². The number of aromatic nitrogens is 1. The monoisotopic (exact) mass is 385 g/mol. The lowest BCUT2D eigenvalue weighted by molar-refractivity contribution is -0.126. The van der Waals surface area contributed by atoms with Gasteiger partial charge in [-0.25, -0.2) is 4.79 Å². The Bertz CT molecular complexity index is 921. The number of aromatic amines is 1. The van der Waals surface area contributed by atoms with Gasteiger partial charge in [0.2, 0.25) is 5.91 Å². The number of likely N-dealkylation sites (tertiary alicyclic amines) is 1. The number of ether oxygens (including phenoxy) is 1. The fourth-order valence-electron chi connectivity index (χ4n) is 3.30. The number of nitrogens with zero attached hydrogens (tertiary/aromatic N) is 1. The van der Waals surface area contributed by atoms with Gasteiger partial charge in [-0.05, 0) is 51.1 Å². The molecule has 2 amide bonds. The van der Waals surface area contributed by atoms with E-state index in [4.69, 9.17) is 4.74 Å². The van der Waals surface area contributed by atoms with E-state index in [-0.39, 0.29) is 30.0 Å². The van der Waals surface area contributed by atoms with E-state index in [2.05, 4.69) is 10.3 Å². The minimum absolute atomic E-state index is 0.0867. The lowest BCUT2D eigenvalue weighted by Crippen LogP contribution is -2.44. The van der Waals surface area contributed by atoms with Gasteiger partial charge in [0.1, 0.15) is 5.60 Å². The molecule has 0 bridgehead atoms. The summed E-state index contributed by atoms with van der Waals surface area (Å²) in [5.74, 6) is -0.255. The van der Waals surface area contributed by atoms with Gasteiger partial charge in [0.25, 0.3) is 5.56 Å². The smallest absolute Gasteiger partial charge is 0.410 e. The molecule has 0 atom stereocenters. The first kappa shape index (κ1) is 19.9. The van der Waals surface area contributed by atoms with Crippen LogP contribution in [0.5, 0.6) is 0 Å². The largest absolute Gasteiger partial charge is 0.444 e. The minimum atomic E-state index is -0.530. The van der Waals surface area contributed by atoms with Crippen molar-refractivity contribution in [3.8, 4) is 0 Å². The predicted octanol–water partition coefficient (Wildman–Crippen LogP) is 2.79. The molecule has 2 aromatic rings. The number of hydrogen-bond acceptors (Lipinski definition) is 4. The van der Waals surface area contributed by atoms with Gasteiger partial charge in [0.15, 0.2) is 0 Å². The predicted molar refractivity (Wildman–Crippen MR) is 107 cm³/mol. The zero-order chi connectivity index (χ0) is 20.3. The lowest BCUT2D eigenvalue weighted by Gasteiger charge is -2.32. The number of piperidine rings is 1. The Morgan fingerprint density at radius 2 is 1.89 bits per heavy atom. The van der Waals surface area contributed by atoms with E-state index in [1.807, 2.05) is 45.0 Å². The fraction of sp³-hybridized carbons (Fsp3) is 0.476. The van der Waals surface area contributed by atoms with Crippen molar-refractivity contribution in [3.05, 3.63) is 46.2 Å². The molecular formula is C21H27N3O4. The van der Waals surface area contributed by atoms with Crippen LogP contribution in [0.2, 0.25) is 0 Å². The normalized spacial score (nSPS) is 15.5. The van der Waals surface area contributed by atoms with Gasteiger partial charge in [0, 0.05) is 36.6 Å². The lowest BCUT2D eigenvalue weighted by atomic mass is 9.96. The minimum Gasteiger partial charge on any atom is -0.444 e. The number of carbonyl (C=O) groups excluding carboxylic acids is 2. The van der Waals surface area contributed by atoms with Crippen LogP contribution in [0.25, 0.3) is 10.9 Å². The molecule has 3 rings (SSSR count). The highest BCUT2D eigenvalue weighted by Gasteiger charge is 2.29. The van der Waals surface area contributed by atoms with Crippen LogP contribution < -0.4 is 10.9 Å². The summed E-state index contributed by atoms with van der Waals surface area (Å²) >= 11 is 0. The molecule has 150 valence electrons. The highest BCUT2D eigenvalue weighted by Crippen LogP contribution is 2.20. The first-order valence-electron chi connectivity index (χ1n) is 9.59. The highest BCUT2D eigenvalue weighted by molar-refractivity contribution is 5.80. The molecule has 2 heterocycles. The van der Waals surface area contributed by atoms with Crippen LogP contribution in [0.15, 0.2) is 35.1 Å². The Morgan fingerprint density at radius 3 is 2.57 bits per heavy atom. The molecule has 1 fully saturated rings. The summed E-state index contributed by atoms with van der Waals surface area (Å²) in [6.07, 6.45) is 0.826. The van der Waals surface area contributed by atoms with Crippen LogP contribution in [0.3, 0.4) is 0 Å². The summed E-state index contributed by atoms with van der Waals surface area (Å²) in [7, 11) is 0. The summed E-state index contributed by atoms with van der Waals surface area (Å²) in [4.78, 5) is 41.3. The van der Waals surface area contributed by atoms with Crippen molar-refractivity contribution in [2.45, 2.75) is 45.8 Å². The van der Waals surface area contributed by atoms with Crippen molar-refractivity contribution in [1.29, 1.82) is 0 Å². The van der Waals surface area contributed by atoms with Crippen molar-refractivity contribution >= 4 is 22.9 Å². The van der Waals surface area contributed by atoms with Gasteiger partial charge >= 0.3 is 6.09 Å². The molecule has 2 N–H and O–H groups in total. The average molecular weight is 385 g/mol. The Balaban J connectivity index is 1.53. The Hall–Kier alpha value is -2.83. The molecule has 1 saturated heterocycles. The number of para-hydroxylation sites is 1. The zero-order valence-electron chi connectivity index (χ0n) is 16.6. The molecular weight excluding hydrogens is 358 g/mol. The summed E-state index contributed by atoms with van der Waals surface area (Å²) < 4.78 is 5.37. The van der Waals surface area contributed by atoms with Crippen molar-refractivity contribution in [2.75, 3.05) is 13.1 Å². The number of H-pyrrole nitrogens is 1. The quantitative estimate of drug-likeness (QED) is 0.850. The number of carbonyl (C=O) groups is 2. The number of nitrogens with one attached hydrogen (secondary N) is 2. The number of fused-ring (bicyclic) bond motifs is 1. The number of pyridine rings is 1. The third-order valence-electron chi connectivity index (χ3n) is 4.80. The molecule has 0 unspecified atom stereocenters. The highest BCUT2D eigenvalue weighted by atomic mass is 16.6. The number of rotatable bonds is 3. The second kappa shape index (κ2) is 8.04. The molecule has 28 heavy (non-hydrogen) atoms. The summed E-state index contributed by atoms with van der Waals surface area (Å²) in [6, 6.07) is 9.34. The first-order chi connectivity index (χ1) is 13.2. The van der Waals surface area contributed by atoms with Crippen molar-refractivity contribution in [2.24, 2.45) is 5.92 Å². The van der Waals surface area contributed by atoms with Gasteiger partial charge in [-0.1, -0.05) is 18.2 Å². The number of amides is 2. The van der Waals surface area contributed by atoms with E-state index in [1.165, 1.54) is 0 Å². The van der Waals surface area contributed by atoms with Crippen LogP contribution in [0.4, 0.5) is 4.79 Å². The maximum absolute atomic E-state index is 12.5. The summed E-state index contributed by atoms with van der Waals surface area (Å²) in [5.41, 5.74) is 0.576. The van der Waals surface area contributed by atoms with Gasteiger partial charge in [-0.15, -0.1) is 0 Å². The van der Waals surface area contributed by atoms with Crippen molar-refractivity contribution in [1.82, 2.24) is 15.2 Å². The maximum Gasteiger partial charge on any atom is 0.410 e. The van der Waals surface area contributed by atoms with E-state index < -0.39 is 5.60 Å². The Kier molecular flexibility index (Phi) is 5.72. The third kappa shape index (κ3) is 4.91. The number of hydrogen-bond donors (Lipinski definition) is 2. The van der Waals surface area contributed by atoms with Crippen molar-refractivity contribution in [3.63, 3.8) is 0 Å². The number of benzene rings is 1. The molecule has 1 aliphatic heterocycles. The van der Waals surface area contributed by atoms with E-state index in [0.29, 0.717) is 31.5 Å². The first-order valence-corrected chi connectivity index (χ1v) is 9.59. The zero-order valence-corrected chi connectivity index (χ0v) is 16.6. The van der Waals surface area contributed by atoms with E-state index >= 15 is 0 Å². The summed E-state index contributed by atoms with van der Waals surface area (Å²) in [6.45, 7) is 6.66. The van der Waals surface area contributed by atoms with E-state index in [0.717, 1.165) is 10.9 Å². The Morgan fingerprint density at radius 1 is 1.21 bits per heavy atom. The summed E-state index contributed by atoms with van der Waals surface area (Å²) in [5, 5.41) is 3.79. The fourth-order valence-corrected chi connectivity index (χ4v) is 3.30. The van der Waals surface area contributed by atoms with E-state index in [9.17, 15) is 14.4 Å². The van der Waals surface area contributed by atoms with Crippen molar-refractivity contribution < 1.29 is 14.3 Å². The average Bonchev–Trinajstić information content (AvgIpc) is 2.65. The van der Waals surface area contributed by atoms with Crippen LogP contribution in [-0.2, 0) is 16.1 Å². The molecule has 1 aromatic heterocycles. The third-order valence-corrected chi connectivity index (χ3v) is 4.80. The molecule has 1 aliphatic rings. The van der Waals surface area contributed by atoms with Gasteiger partial charge in [-0.2, -0.15) is 0 Å². The molecule has 7 heteroatoms. The molecule has 7 nitrogen and oxygen atoms in total. The van der Waals surface area contributed by atoms with E-state index in [1.54, 1.807) is 11.0 Å². The van der Waals surface area contributed by atoms with Crippen LogP contribution in [-0.4, -0.2) is 40.6 Å². The van der Waals surface area contributed by atoms with Crippen LogP contribution in [0, 0.1) is 5.92 Å². The van der Waals surface area contributed by atoms with Crippen LogP contribution >= 0.6 is 0 Å². The van der Waals surface area contributed by atoms with Crippen LogP contribution in [0.1, 0.15) is 39.2 Å². The molecule has 0 radical (unpaired) electrons.